The molecule has 0 atom stereocenters. The highest BCUT2D eigenvalue weighted by Gasteiger charge is 2.12. The van der Waals surface area contributed by atoms with Crippen LogP contribution in [0.1, 0.15) is 5.82 Å². The van der Waals surface area contributed by atoms with Gasteiger partial charge >= 0.3 is 6.03 Å². The maximum absolute atomic E-state index is 13.4. The number of carbonyl (C=O) groups is 1. The molecule has 2 N–H and O–H groups in total. The Labute approximate surface area is 154 Å². The fraction of sp³-hybridized carbons (Fsp3) is 0.176. The highest BCUT2D eigenvalue weighted by atomic mass is 19.1. The Balaban J connectivity index is 1.66. The number of ether oxygens (including phenoxy) is 2. The molecule has 2 aromatic carbocycles. The van der Waals surface area contributed by atoms with Crippen molar-refractivity contribution in [3.63, 3.8) is 0 Å². The van der Waals surface area contributed by atoms with Crippen LogP contribution in [0.3, 0.4) is 0 Å². The van der Waals surface area contributed by atoms with Crippen LogP contribution in [0.25, 0.3) is 5.69 Å². The molecule has 9 nitrogen and oxygen atoms in total. The van der Waals surface area contributed by atoms with E-state index in [1.54, 1.807) is 30.3 Å². The van der Waals surface area contributed by atoms with E-state index in [0.717, 1.165) is 0 Å². The summed E-state index contributed by atoms with van der Waals surface area (Å²) in [4.78, 5) is 12.2. The first kappa shape index (κ1) is 18.1. The zero-order valence-electron chi connectivity index (χ0n) is 14.6. The first-order valence-corrected chi connectivity index (χ1v) is 7.91. The van der Waals surface area contributed by atoms with Gasteiger partial charge in [0, 0.05) is 6.07 Å². The lowest BCUT2D eigenvalue weighted by atomic mass is 10.2. The molecule has 0 aliphatic carbocycles. The molecule has 0 radical (unpaired) electrons. The topological polar surface area (TPSA) is 103 Å². The molecule has 1 heterocycles. The molecule has 2 amide bonds. The number of benzene rings is 2. The number of nitrogens with one attached hydrogen (secondary N) is 2. The van der Waals surface area contributed by atoms with Crippen molar-refractivity contribution in [2.45, 2.75) is 6.54 Å². The van der Waals surface area contributed by atoms with Gasteiger partial charge in [0.1, 0.15) is 17.3 Å². The number of anilines is 1. The predicted molar refractivity (Wildman–Crippen MR) is 94.5 cm³/mol. The van der Waals surface area contributed by atoms with Crippen LogP contribution < -0.4 is 20.1 Å². The van der Waals surface area contributed by atoms with Crippen LogP contribution in [0.4, 0.5) is 14.9 Å². The molecular formula is C17H17FN6O3. The van der Waals surface area contributed by atoms with Gasteiger partial charge in [-0.15, -0.1) is 5.10 Å². The average molecular weight is 372 g/mol. The Kier molecular flexibility index (Phi) is 5.45. The SMILES string of the molecule is COc1ccc(NC(=O)NCc2nnnn2-c2cccc(F)c2)c(OC)c1. The number of hydrogen-bond donors (Lipinski definition) is 2. The molecule has 0 aliphatic rings. The van der Waals surface area contributed by atoms with Crippen molar-refractivity contribution in [1.29, 1.82) is 0 Å². The summed E-state index contributed by atoms with van der Waals surface area (Å²) in [5, 5.41) is 16.6. The van der Waals surface area contributed by atoms with Crippen LogP contribution in [0.15, 0.2) is 42.5 Å². The predicted octanol–water partition coefficient (Wildman–Crippen LogP) is 2.14. The van der Waals surface area contributed by atoms with E-state index < -0.39 is 11.8 Å². The zero-order valence-corrected chi connectivity index (χ0v) is 14.6. The third kappa shape index (κ3) is 4.29. The van der Waals surface area contributed by atoms with Crippen LogP contribution in [-0.2, 0) is 6.54 Å². The largest absolute Gasteiger partial charge is 0.497 e. The minimum absolute atomic E-state index is 0.0355. The highest BCUT2D eigenvalue weighted by Crippen LogP contribution is 2.28. The average Bonchev–Trinajstić information content (AvgIpc) is 3.15. The quantitative estimate of drug-likeness (QED) is 0.687. The number of halogens is 1. The van der Waals surface area contributed by atoms with E-state index in [1.165, 1.54) is 31.0 Å². The molecule has 10 heteroatoms. The molecule has 0 saturated heterocycles. The summed E-state index contributed by atoms with van der Waals surface area (Å²) >= 11 is 0. The van der Waals surface area contributed by atoms with Crippen molar-refractivity contribution < 1.29 is 18.7 Å². The van der Waals surface area contributed by atoms with E-state index in [0.29, 0.717) is 28.7 Å². The highest BCUT2D eigenvalue weighted by molar-refractivity contribution is 5.91. The van der Waals surface area contributed by atoms with E-state index in [-0.39, 0.29) is 6.54 Å². The molecule has 140 valence electrons. The molecule has 0 unspecified atom stereocenters. The lowest BCUT2D eigenvalue weighted by Gasteiger charge is -2.12. The number of hydrogen-bond acceptors (Lipinski definition) is 6. The lowest BCUT2D eigenvalue weighted by Crippen LogP contribution is -2.29. The molecule has 0 bridgehead atoms. The standard InChI is InChI=1S/C17H17FN6O3/c1-26-13-6-7-14(15(9-13)27-2)20-17(25)19-10-16-21-22-23-24(16)12-5-3-4-11(18)8-12/h3-9H,10H2,1-2H3,(H2,19,20,25). The maximum atomic E-state index is 13.4. The van der Waals surface area contributed by atoms with Crippen molar-refractivity contribution in [2.75, 3.05) is 19.5 Å². The monoisotopic (exact) mass is 372 g/mol. The third-order valence-corrected chi connectivity index (χ3v) is 3.65. The summed E-state index contributed by atoms with van der Waals surface area (Å²) in [7, 11) is 3.03. The fourth-order valence-corrected chi connectivity index (χ4v) is 2.35. The smallest absolute Gasteiger partial charge is 0.319 e. The minimum Gasteiger partial charge on any atom is -0.497 e. The van der Waals surface area contributed by atoms with E-state index in [9.17, 15) is 9.18 Å². The molecular weight excluding hydrogens is 355 g/mol. The summed E-state index contributed by atoms with van der Waals surface area (Å²) in [6.07, 6.45) is 0. The second-order valence-corrected chi connectivity index (χ2v) is 5.36. The van der Waals surface area contributed by atoms with E-state index in [1.807, 2.05) is 0 Å². The van der Waals surface area contributed by atoms with E-state index >= 15 is 0 Å². The molecule has 0 aliphatic heterocycles. The zero-order chi connectivity index (χ0) is 19.2. The van der Waals surface area contributed by atoms with Gasteiger partial charge in [0.05, 0.1) is 32.1 Å². The van der Waals surface area contributed by atoms with Gasteiger partial charge in [-0.3, -0.25) is 0 Å². The van der Waals surface area contributed by atoms with Crippen LogP contribution in [-0.4, -0.2) is 40.5 Å². The van der Waals surface area contributed by atoms with Gasteiger partial charge in [0.15, 0.2) is 5.82 Å². The Morgan fingerprint density at radius 3 is 2.78 bits per heavy atom. The fourth-order valence-electron chi connectivity index (χ4n) is 2.35. The van der Waals surface area contributed by atoms with E-state index in [4.69, 9.17) is 9.47 Å². The number of aromatic nitrogens is 4. The van der Waals surface area contributed by atoms with Crippen LogP contribution in [0.5, 0.6) is 11.5 Å². The number of carbonyl (C=O) groups excluding carboxylic acids is 1. The van der Waals surface area contributed by atoms with Crippen LogP contribution in [0, 0.1) is 5.82 Å². The summed E-state index contributed by atoms with van der Waals surface area (Å²) in [5.41, 5.74) is 0.926. The maximum Gasteiger partial charge on any atom is 0.319 e. The van der Waals surface area contributed by atoms with Gasteiger partial charge in [0.25, 0.3) is 0 Å². The first-order chi connectivity index (χ1) is 13.1. The summed E-state index contributed by atoms with van der Waals surface area (Å²) in [6, 6.07) is 10.4. The summed E-state index contributed by atoms with van der Waals surface area (Å²) < 4.78 is 25.1. The molecule has 3 aromatic rings. The van der Waals surface area contributed by atoms with E-state index in [2.05, 4.69) is 26.2 Å². The van der Waals surface area contributed by atoms with Crippen LogP contribution >= 0.6 is 0 Å². The van der Waals surface area contributed by atoms with Crippen molar-refractivity contribution in [1.82, 2.24) is 25.5 Å². The molecule has 27 heavy (non-hydrogen) atoms. The number of rotatable bonds is 6. The van der Waals surface area contributed by atoms with Gasteiger partial charge in [-0.1, -0.05) is 6.07 Å². The third-order valence-electron chi connectivity index (χ3n) is 3.65. The van der Waals surface area contributed by atoms with Gasteiger partial charge in [-0.05, 0) is 40.8 Å². The molecule has 0 fully saturated rings. The number of tetrazole rings is 1. The molecule has 0 saturated carbocycles. The molecule has 1 aromatic heterocycles. The van der Waals surface area contributed by atoms with Gasteiger partial charge in [-0.2, -0.15) is 4.68 Å². The van der Waals surface area contributed by atoms with Gasteiger partial charge < -0.3 is 20.1 Å². The van der Waals surface area contributed by atoms with Gasteiger partial charge in [-0.25, -0.2) is 9.18 Å². The normalized spacial score (nSPS) is 10.3. The Bertz CT molecular complexity index is 946. The second kappa shape index (κ2) is 8.13. The minimum atomic E-state index is -0.479. The first-order valence-electron chi connectivity index (χ1n) is 7.91. The summed E-state index contributed by atoms with van der Waals surface area (Å²) in [6.45, 7) is 0.0355. The van der Waals surface area contributed by atoms with Crippen molar-refractivity contribution in [2.24, 2.45) is 0 Å². The Hall–Kier alpha value is -3.69. The van der Waals surface area contributed by atoms with Crippen molar-refractivity contribution in [3.8, 4) is 17.2 Å². The van der Waals surface area contributed by atoms with Crippen molar-refractivity contribution in [3.05, 3.63) is 54.1 Å². The summed E-state index contributed by atoms with van der Waals surface area (Å²) in [5.74, 6) is 0.991. The number of nitrogens with zero attached hydrogens (tertiary/aromatic N) is 4. The Morgan fingerprint density at radius 1 is 1.19 bits per heavy atom. The number of methoxy groups -OCH3 is 2. The van der Waals surface area contributed by atoms with Crippen LogP contribution in [0.2, 0.25) is 0 Å². The molecule has 0 spiro atoms. The Morgan fingerprint density at radius 2 is 2.04 bits per heavy atom. The number of urea groups is 1. The van der Waals surface area contributed by atoms with Crippen molar-refractivity contribution >= 4 is 11.7 Å². The molecule has 3 rings (SSSR count). The second-order valence-electron chi connectivity index (χ2n) is 5.36. The van der Waals surface area contributed by atoms with Gasteiger partial charge in [0.2, 0.25) is 0 Å². The number of amides is 2. The lowest BCUT2D eigenvalue weighted by molar-refractivity contribution is 0.251.